The van der Waals surface area contributed by atoms with E-state index in [1.165, 1.54) is 11.5 Å². The second-order valence-electron chi connectivity index (χ2n) is 3.81. The first-order valence-corrected chi connectivity index (χ1v) is 5.25. The number of hydrogen-bond donors (Lipinski definition) is 1. The van der Waals surface area contributed by atoms with Crippen molar-refractivity contribution in [2.24, 2.45) is 7.05 Å². The first-order chi connectivity index (χ1) is 7.24. The van der Waals surface area contributed by atoms with Gasteiger partial charge in [-0.2, -0.15) is 5.10 Å². The summed E-state index contributed by atoms with van der Waals surface area (Å²) in [5.74, 6) is 1.18. The molecule has 0 saturated carbocycles. The Balaban J connectivity index is 2.25. The Kier molecular flexibility index (Phi) is 2.81. The highest BCUT2D eigenvalue weighted by atomic mass is 16.5. The van der Waals surface area contributed by atoms with Gasteiger partial charge in [0.15, 0.2) is 5.82 Å². The van der Waals surface area contributed by atoms with Crippen molar-refractivity contribution < 1.29 is 4.74 Å². The van der Waals surface area contributed by atoms with Gasteiger partial charge in [-0.05, 0) is 6.92 Å². The Morgan fingerprint density at radius 1 is 1.53 bits per heavy atom. The van der Waals surface area contributed by atoms with Gasteiger partial charge in [-0.1, -0.05) is 0 Å². The molecule has 5 heteroatoms. The average Bonchev–Trinajstić information content (AvgIpc) is 2.53. The van der Waals surface area contributed by atoms with Crippen molar-refractivity contribution in [3.63, 3.8) is 0 Å². The molecule has 0 aliphatic carbocycles. The number of aromatic nitrogens is 2. The molecule has 0 unspecified atom stereocenters. The monoisotopic (exact) mass is 210 g/mol. The highest BCUT2D eigenvalue weighted by molar-refractivity contribution is 5.71. The molecule has 84 valence electrons. The van der Waals surface area contributed by atoms with E-state index in [-0.39, 0.29) is 0 Å². The van der Waals surface area contributed by atoms with Gasteiger partial charge in [-0.25, -0.2) is 0 Å². The summed E-state index contributed by atoms with van der Waals surface area (Å²) < 4.78 is 7.05. The highest BCUT2D eigenvalue weighted by Crippen LogP contribution is 2.30. The van der Waals surface area contributed by atoms with Crippen molar-refractivity contribution in [2.45, 2.75) is 6.92 Å². The van der Waals surface area contributed by atoms with Gasteiger partial charge >= 0.3 is 0 Å². The Morgan fingerprint density at radius 3 is 3.07 bits per heavy atom. The molecule has 1 aromatic rings. The molecule has 0 fully saturated rings. The number of methoxy groups -OCH3 is 1. The van der Waals surface area contributed by atoms with Crippen LogP contribution in [0.25, 0.3) is 0 Å². The largest absolute Gasteiger partial charge is 0.383 e. The molecular formula is C10H18N4O. The maximum Gasteiger partial charge on any atom is 0.150 e. The minimum atomic E-state index is 0.754. The van der Waals surface area contributed by atoms with Crippen molar-refractivity contribution in [1.29, 1.82) is 0 Å². The van der Waals surface area contributed by atoms with E-state index < -0.39 is 0 Å². The van der Waals surface area contributed by atoms with Crippen LogP contribution >= 0.6 is 0 Å². The van der Waals surface area contributed by atoms with Crippen molar-refractivity contribution >= 4 is 11.5 Å². The molecule has 1 aromatic heterocycles. The first-order valence-electron chi connectivity index (χ1n) is 5.25. The number of ether oxygens (including phenoxy) is 1. The lowest BCUT2D eigenvalue weighted by atomic mass is 10.3. The minimum absolute atomic E-state index is 0.754. The standard InChI is InChI=1S/C10H18N4O/c1-8-9-10(13(2)12-8)14(5-4-11-9)6-7-15-3/h11H,4-7H2,1-3H3. The molecule has 1 aliphatic rings. The van der Waals surface area contributed by atoms with Gasteiger partial charge < -0.3 is 15.0 Å². The fourth-order valence-electron chi connectivity index (χ4n) is 2.06. The van der Waals surface area contributed by atoms with Crippen LogP contribution in [0.1, 0.15) is 5.69 Å². The summed E-state index contributed by atoms with van der Waals surface area (Å²) in [7, 11) is 3.72. The Morgan fingerprint density at radius 2 is 2.33 bits per heavy atom. The van der Waals surface area contributed by atoms with Crippen LogP contribution in [0, 0.1) is 6.92 Å². The van der Waals surface area contributed by atoms with Crippen molar-refractivity contribution in [3.8, 4) is 0 Å². The Hall–Kier alpha value is -1.23. The lowest BCUT2D eigenvalue weighted by Gasteiger charge is -2.30. The third-order valence-electron chi connectivity index (χ3n) is 2.74. The molecule has 0 saturated heterocycles. The van der Waals surface area contributed by atoms with Gasteiger partial charge in [0.25, 0.3) is 0 Å². The maximum absolute atomic E-state index is 5.11. The molecule has 0 amide bonds. The molecule has 1 N–H and O–H groups in total. The van der Waals surface area contributed by atoms with Crippen LogP contribution in [0.3, 0.4) is 0 Å². The molecule has 2 rings (SSSR count). The summed E-state index contributed by atoms with van der Waals surface area (Å²) in [6.45, 7) is 5.69. The van der Waals surface area contributed by atoms with Gasteiger partial charge in [0.2, 0.25) is 0 Å². The van der Waals surface area contributed by atoms with Crippen molar-refractivity contribution in [1.82, 2.24) is 9.78 Å². The summed E-state index contributed by atoms with van der Waals surface area (Å²) in [5, 5.41) is 7.82. The molecule has 0 atom stereocenters. The topological polar surface area (TPSA) is 42.3 Å². The zero-order chi connectivity index (χ0) is 10.8. The van der Waals surface area contributed by atoms with Crippen LogP contribution in [0.4, 0.5) is 11.5 Å². The normalized spacial score (nSPS) is 15.0. The summed E-state index contributed by atoms with van der Waals surface area (Å²) in [5.41, 5.74) is 2.23. The van der Waals surface area contributed by atoms with E-state index in [1.807, 2.05) is 18.7 Å². The zero-order valence-electron chi connectivity index (χ0n) is 9.58. The van der Waals surface area contributed by atoms with Crippen molar-refractivity contribution in [3.05, 3.63) is 5.69 Å². The number of fused-ring (bicyclic) bond motifs is 1. The maximum atomic E-state index is 5.11. The summed E-state index contributed by atoms with van der Waals surface area (Å²) in [6, 6.07) is 0. The zero-order valence-corrected chi connectivity index (χ0v) is 9.58. The fourth-order valence-corrected chi connectivity index (χ4v) is 2.06. The molecule has 0 aromatic carbocycles. The predicted octanol–water partition coefficient (Wildman–Crippen LogP) is 0.607. The fraction of sp³-hybridized carbons (Fsp3) is 0.700. The molecular weight excluding hydrogens is 192 g/mol. The van der Waals surface area contributed by atoms with Crippen LogP contribution in [0.15, 0.2) is 0 Å². The number of rotatable bonds is 3. The van der Waals surface area contributed by atoms with E-state index in [2.05, 4.69) is 15.3 Å². The first kappa shape index (κ1) is 10.3. The van der Waals surface area contributed by atoms with Crippen LogP contribution in [-0.2, 0) is 11.8 Å². The number of aryl methyl sites for hydroxylation is 2. The van der Waals surface area contributed by atoms with Gasteiger partial charge in [0.05, 0.1) is 12.3 Å². The van der Waals surface area contributed by atoms with E-state index in [0.717, 1.165) is 31.9 Å². The Bertz CT molecular complexity index is 347. The molecule has 0 bridgehead atoms. The van der Waals surface area contributed by atoms with E-state index in [0.29, 0.717) is 0 Å². The van der Waals surface area contributed by atoms with E-state index in [4.69, 9.17) is 4.74 Å². The summed E-state index contributed by atoms with van der Waals surface area (Å²) in [4.78, 5) is 2.31. The van der Waals surface area contributed by atoms with Gasteiger partial charge in [-0.15, -0.1) is 0 Å². The summed E-state index contributed by atoms with van der Waals surface area (Å²) in [6.07, 6.45) is 0. The molecule has 1 aliphatic heterocycles. The number of anilines is 2. The second-order valence-corrected chi connectivity index (χ2v) is 3.81. The molecule has 15 heavy (non-hydrogen) atoms. The van der Waals surface area contributed by atoms with Crippen molar-refractivity contribution in [2.75, 3.05) is 43.6 Å². The van der Waals surface area contributed by atoms with Gasteiger partial charge in [0, 0.05) is 33.8 Å². The second kappa shape index (κ2) is 4.10. The van der Waals surface area contributed by atoms with Crippen LogP contribution in [-0.4, -0.2) is 43.1 Å². The molecule has 5 nitrogen and oxygen atoms in total. The van der Waals surface area contributed by atoms with Crippen LogP contribution in [0.5, 0.6) is 0 Å². The lowest BCUT2D eigenvalue weighted by Crippen LogP contribution is -2.37. The van der Waals surface area contributed by atoms with E-state index in [9.17, 15) is 0 Å². The third kappa shape index (κ3) is 1.79. The smallest absolute Gasteiger partial charge is 0.150 e. The third-order valence-corrected chi connectivity index (χ3v) is 2.74. The Labute approximate surface area is 90.0 Å². The average molecular weight is 210 g/mol. The molecule has 0 radical (unpaired) electrons. The van der Waals surface area contributed by atoms with E-state index >= 15 is 0 Å². The number of nitrogens with one attached hydrogen (secondary N) is 1. The SMILES string of the molecule is COCCN1CCNc2c(C)nn(C)c21. The van der Waals surface area contributed by atoms with E-state index in [1.54, 1.807) is 7.11 Å². The predicted molar refractivity (Wildman–Crippen MR) is 60.5 cm³/mol. The lowest BCUT2D eigenvalue weighted by molar-refractivity contribution is 0.205. The summed E-state index contributed by atoms with van der Waals surface area (Å²) >= 11 is 0. The number of nitrogens with zero attached hydrogens (tertiary/aromatic N) is 3. The van der Waals surface area contributed by atoms with Gasteiger partial charge in [0.1, 0.15) is 5.69 Å². The van der Waals surface area contributed by atoms with Crippen LogP contribution < -0.4 is 10.2 Å². The minimum Gasteiger partial charge on any atom is -0.383 e. The van der Waals surface area contributed by atoms with Crippen LogP contribution in [0.2, 0.25) is 0 Å². The molecule has 2 heterocycles. The van der Waals surface area contributed by atoms with Gasteiger partial charge in [-0.3, -0.25) is 4.68 Å². The quantitative estimate of drug-likeness (QED) is 0.793. The number of hydrogen-bond acceptors (Lipinski definition) is 4. The molecule has 0 spiro atoms. The highest BCUT2D eigenvalue weighted by Gasteiger charge is 2.22.